The van der Waals surface area contributed by atoms with Gasteiger partial charge in [0.1, 0.15) is 0 Å². The number of hydrogen-bond acceptors (Lipinski definition) is 3. The third kappa shape index (κ3) is 4.44. The number of nitrogens with zero attached hydrogens (tertiary/aromatic N) is 1. The highest BCUT2D eigenvalue weighted by Gasteiger charge is 2.32. The molecular weight excluding hydrogens is 248 g/mol. The Labute approximate surface area is 125 Å². The van der Waals surface area contributed by atoms with Crippen LogP contribution in [-0.4, -0.2) is 50.3 Å². The van der Waals surface area contributed by atoms with E-state index in [-0.39, 0.29) is 0 Å². The van der Waals surface area contributed by atoms with Crippen molar-refractivity contribution in [2.75, 3.05) is 33.4 Å². The second-order valence-corrected chi connectivity index (χ2v) is 6.99. The summed E-state index contributed by atoms with van der Waals surface area (Å²) in [5.74, 6) is 1.56. The molecule has 118 valence electrons. The summed E-state index contributed by atoms with van der Waals surface area (Å²) < 4.78 is 5.31. The lowest BCUT2D eigenvalue weighted by Gasteiger charge is -2.44. The Balaban J connectivity index is 1.88. The van der Waals surface area contributed by atoms with Crippen LogP contribution in [0.3, 0.4) is 0 Å². The fourth-order valence-corrected chi connectivity index (χ4v) is 4.10. The maximum atomic E-state index is 5.31. The predicted octanol–water partition coefficient (Wildman–Crippen LogP) is 2.90. The smallest absolute Gasteiger partial charge is 0.0500 e. The standard InChI is InChI=1S/C17H34N2O/c1-4-16-10-18-17(15-8-6-5-7-9-15)12-19(16)11-14(2)13-20-3/h14-18H,4-13H2,1-3H3. The molecule has 0 aromatic heterocycles. The average molecular weight is 282 g/mol. The summed E-state index contributed by atoms with van der Waals surface area (Å²) in [7, 11) is 1.82. The van der Waals surface area contributed by atoms with Gasteiger partial charge in [-0.1, -0.05) is 33.1 Å². The van der Waals surface area contributed by atoms with Crippen molar-refractivity contribution >= 4 is 0 Å². The normalized spacial score (nSPS) is 31.4. The first kappa shape index (κ1) is 16.3. The lowest BCUT2D eigenvalue weighted by molar-refractivity contribution is 0.0619. The molecule has 3 heteroatoms. The SMILES string of the molecule is CCC1CNC(C2CCCCC2)CN1CC(C)COC. The van der Waals surface area contributed by atoms with Crippen LogP contribution in [0, 0.1) is 11.8 Å². The van der Waals surface area contributed by atoms with Crippen LogP contribution in [0.1, 0.15) is 52.4 Å². The maximum Gasteiger partial charge on any atom is 0.0500 e. The van der Waals surface area contributed by atoms with Crippen molar-refractivity contribution in [1.82, 2.24) is 10.2 Å². The molecule has 2 rings (SSSR count). The molecule has 3 nitrogen and oxygen atoms in total. The average Bonchev–Trinajstić information content (AvgIpc) is 2.48. The number of ether oxygens (including phenoxy) is 1. The first-order valence-electron chi connectivity index (χ1n) is 8.71. The third-order valence-corrected chi connectivity index (χ3v) is 5.25. The summed E-state index contributed by atoms with van der Waals surface area (Å²) in [6.45, 7) is 9.13. The molecule has 1 saturated heterocycles. The molecule has 2 fully saturated rings. The largest absolute Gasteiger partial charge is 0.384 e. The fourth-order valence-electron chi connectivity index (χ4n) is 4.10. The van der Waals surface area contributed by atoms with Crippen LogP contribution < -0.4 is 5.32 Å². The third-order valence-electron chi connectivity index (χ3n) is 5.25. The zero-order valence-electron chi connectivity index (χ0n) is 13.7. The Hall–Kier alpha value is -0.120. The second-order valence-electron chi connectivity index (χ2n) is 6.99. The summed E-state index contributed by atoms with van der Waals surface area (Å²) >= 11 is 0. The van der Waals surface area contributed by atoms with E-state index in [1.165, 1.54) is 58.2 Å². The van der Waals surface area contributed by atoms with Crippen LogP contribution in [0.25, 0.3) is 0 Å². The molecule has 2 aliphatic rings. The van der Waals surface area contributed by atoms with Crippen molar-refractivity contribution in [3.63, 3.8) is 0 Å². The molecular formula is C17H34N2O. The number of methoxy groups -OCH3 is 1. The van der Waals surface area contributed by atoms with Gasteiger partial charge in [0.25, 0.3) is 0 Å². The van der Waals surface area contributed by atoms with E-state index in [1.807, 2.05) is 7.11 Å². The van der Waals surface area contributed by atoms with E-state index in [4.69, 9.17) is 4.74 Å². The van der Waals surface area contributed by atoms with Crippen molar-refractivity contribution in [3.8, 4) is 0 Å². The van der Waals surface area contributed by atoms with Gasteiger partial charge in [0.2, 0.25) is 0 Å². The monoisotopic (exact) mass is 282 g/mol. The highest BCUT2D eigenvalue weighted by molar-refractivity contribution is 4.90. The first-order valence-corrected chi connectivity index (χ1v) is 8.71. The van der Waals surface area contributed by atoms with Crippen LogP contribution in [0.15, 0.2) is 0 Å². The molecule has 3 atom stereocenters. The highest BCUT2D eigenvalue weighted by atomic mass is 16.5. The molecule has 1 N–H and O–H groups in total. The first-order chi connectivity index (χ1) is 9.74. The molecule has 1 saturated carbocycles. The fraction of sp³-hybridized carbons (Fsp3) is 1.00. The zero-order valence-corrected chi connectivity index (χ0v) is 13.7. The number of hydrogen-bond donors (Lipinski definition) is 1. The minimum atomic E-state index is 0.638. The van der Waals surface area contributed by atoms with E-state index in [0.29, 0.717) is 12.0 Å². The molecule has 0 amide bonds. The summed E-state index contributed by atoms with van der Waals surface area (Å²) in [5, 5.41) is 3.85. The van der Waals surface area contributed by atoms with E-state index < -0.39 is 0 Å². The van der Waals surface area contributed by atoms with Gasteiger partial charge in [-0.25, -0.2) is 0 Å². The van der Waals surface area contributed by atoms with Crippen LogP contribution in [0.2, 0.25) is 0 Å². The number of rotatable bonds is 6. The molecule has 1 aliphatic heterocycles. The van der Waals surface area contributed by atoms with Crippen LogP contribution in [0.4, 0.5) is 0 Å². The Morgan fingerprint density at radius 1 is 1.25 bits per heavy atom. The van der Waals surface area contributed by atoms with Crippen molar-refractivity contribution < 1.29 is 4.74 Å². The van der Waals surface area contributed by atoms with Gasteiger partial charge in [-0.3, -0.25) is 4.90 Å². The molecule has 0 aromatic rings. The van der Waals surface area contributed by atoms with E-state index in [9.17, 15) is 0 Å². The Kier molecular flexibility index (Phi) is 6.79. The molecule has 20 heavy (non-hydrogen) atoms. The van der Waals surface area contributed by atoms with Crippen molar-refractivity contribution in [3.05, 3.63) is 0 Å². The molecule has 0 bridgehead atoms. The quantitative estimate of drug-likeness (QED) is 0.811. The van der Waals surface area contributed by atoms with E-state index >= 15 is 0 Å². The van der Waals surface area contributed by atoms with Gasteiger partial charge in [-0.2, -0.15) is 0 Å². The molecule has 0 radical (unpaired) electrons. The van der Waals surface area contributed by atoms with Crippen LogP contribution in [-0.2, 0) is 4.74 Å². The lowest BCUT2D eigenvalue weighted by atomic mass is 9.82. The summed E-state index contributed by atoms with van der Waals surface area (Å²) in [6.07, 6.45) is 8.48. The second kappa shape index (κ2) is 8.35. The predicted molar refractivity (Wildman–Crippen MR) is 85.1 cm³/mol. The van der Waals surface area contributed by atoms with Gasteiger partial charge < -0.3 is 10.1 Å². The summed E-state index contributed by atoms with van der Waals surface area (Å²) in [5.41, 5.74) is 0. The lowest BCUT2D eigenvalue weighted by Crippen LogP contribution is -2.59. The minimum absolute atomic E-state index is 0.638. The Morgan fingerprint density at radius 2 is 2.00 bits per heavy atom. The summed E-state index contributed by atoms with van der Waals surface area (Å²) in [4.78, 5) is 2.74. The van der Waals surface area contributed by atoms with Gasteiger partial charge in [-0.05, 0) is 31.1 Å². The minimum Gasteiger partial charge on any atom is -0.384 e. The van der Waals surface area contributed by atoms with Gasteiger partial charge in [-0.15, -0.1) is 0 Å². The maximum absolute atomic E-state index is 5.31. The van der Waals surface area contributed by atoms with Crippen molar-refractivity contribution in [2.45, 2.75) is 64.5 Å². The van der Waals surface area contributed by atoms with E-state index in [2.05, 4.69) is 24.1 Å². The van der Waals surface area contributed by atoms with Crippen molar-refractivity contribution in [1.29, 1.82) is 0 Å². The van der Waals surface area contributed by atoms with Crippen molar-refractivity contribution in [2.24, 2.45) is 11.8 Å². The zero-order chi connectivity index (χ0) is 14.4. The van der Waals surface area contributed by atoms with Crippen LogP contribution in [0.5, 0.6) is 0 Å². The van der Waals surface area contributed by atoms with Gasteiger partial charge >= 0.3 is 0 Å². The number of nitrogens with one attached hydrogen (secondary N) is 1. The highest BCUT2D eigenvalue weighted by Crippen LogP contribution is 2.29. The molecule has 3 unspecified atom stereocenters. The Bertz CT molecular complexity index is 266. The van der Waals surface area contributed by atoms with Gasteiger partial charge in [0, 0.05) is 45.4 Å². The van der Waals surface area contributed by atoms with E-state index in [1.54, 1.807) is 0 Å². The molecule has 1 heterocycles. The van der Waals surface area contributed by atoms with E-state index in [0.717, 1.165) is 18.6 Å². The van der Waals surface area contributed by atoms with Crippen LogP contribution >= 0.6 is 0 Å². The molecule has 0 spiro atoms. The van der Waals surface area contributed by atoms with Gasteiger partial charge in [0.15, 0.2) is 0 Å². The topological polar surface area (TPSA) is 24.5 Å². The number of piperazine rings is 1. The van der Waals surface area contributed by atoms with Gasteiger partial charge in [0.05, 0.1) is 0 Å². The molecule has 0 aromatic carbocycles. The summed E-state index contributed by atoms with van der Waals surface area (Å²) in [6, 6.07) is 1.45. The molecule has 1 aliphatic carbocycles. The Morgan fingerprint density at radius 3 is 2.65 bits per heavy atom.